The van der Waals surface area contributed by atoms with Crippen LogP contribution in [-0.4, -0.2) is 11.3 Å². The molecule has 0 saturated heterocycles. The monoisotopic (exact) mass is 892 g/mol. The van der Waals surface area contributed by atoms with E-state index in [4.69, 9.17) is 0 Å². The van der Waals surface area contributed by atoms with E-state index in [1.54, 1.807) is 11.1 Å². The van der Waals surface area contributed by atoms with Crippen LogP contribution in [-0.2, 0) is 23.3 Å². The van der Waals surface area contributed by atoms with Crippen LogP contribution in [0, 0.1) is 0 Å². The Morgan fingerprint density at radius 1 is 0.529 bits per heavy atom. The minimum atomic E-state index is -0.00625. The lowest BCUT2D eigenvalue weighted by Gasteiger charge is -2.45. The maximum absolute atomic E-state index is 2.83. The molecule has 0 atom stereocenters. The van der Waals surface area contributed by atoms with E-state index >= 15 is 0 Å². The summed E-state index contributed by atoms with van der Waals surface area (Å²) in [4.78, 5) is 5.54. The van der Waals surface area contributed by atoms with Crippen LogP contribution >= 0.6 is 0 Å². The largest absolute Gasteiger partial charge is 0.353 e. The van der Waals surface area contributed by atoms with Gasteiger partial charge >= 0.3 is 0 Å². The molecule has 0 amide bonds. The van der Waals surface area contributed by atoms with Crippen LogP contribution in [0.4, 0.5) is 34.1 Å². The van der Waals surface area contributed by atoms with Crippen LogP contribution in [0.15, 0.2) is 115 Å². The molecule has 68 heavy (non-hydrogen) atoms. The summed E-state index contributed by atoms with van der Waals surface area (Å²) in [6.07, 6.45) is 18.2. The Labute approximate surface area is 407 Å². The normalized spacial score (nSPS) is 18.8. The van der Waals surface area contributed by atoms with Crippen molar-refractivity contribution in [3.05, 3.63) is 149 Å². The van der Waals surface area contributed by atoms with Crippen molar-refractivity contribution >= 4 is 68.3 Å². The maximum atomic E-state index is 2.83. The predicted molar refractivity (Wildman–Crippen MR) is 291 cm³/mol. The summed E-state index contributed by atoms with van der Waals surface area (Å²) in [6, 6.07) is 47.2. The van der Waals surface area contributed by atoms with Gasteiger partial charge in [0, 0.05) is 57.3 Å². The number of anilines is 6. The lowest BCUT2D eigenvalue weighted by molar-refractivity contribution is 0.443. The second kappa shape index (κ2) is 15.5. The molecule has 0 N–H and O–H groups in total. The fourth-order valence-corrected chi connectivity index (χ4v) is 14.7. The van der Waals surface area contributed by atoms with Crippen LogP contribution in [0.2, 0.25) is 0 Å². The van der Waals surface area contributed by atoms with Crippen LogP contribution in [0.1, 0.15) is 177 Å². The van der Waals surface area contributed by atoms with Crippen molar-refractivity contribution in [1.82, 2.24) is 4.57 Å². The molecule has 3 nitrogen and oxygen atoms in total. The summed E-state index contributed by atoms with van der Waals surface area (Å²) in [5.74, 6) is 1.21. The number of benzene rings is 6. The summed E-state index contributed by atoms with van der Waals surface area (Å²) in [5.41, 5.74) is 25.5. The summed E-state index contributed by atoms with van der Waals surface area (Å²) in [7, 11) is 2.37. The standard InChI is InChI=1S/C64H70BN3/c1-62(2,3)45-29-33-53-49(39-45)60-61(66(53)7)65-52-40-46(63(4,5)6)30-34-54(52)67(47-31-27-43(28-32-47)41-19-10-8-11-20-41)56-37-44(42-21-12-9-13-22-42)38-57(59(56)65)68(60)55-26-18-25-51-58(55)48-23-14-15-24-50(48)64(51)35-16-17-36-64/h14-15,18,23-34,37-42H,8-13,16-17,19-22,35-36H2,1-7H3. The third-order valence-corrected chi connectivity index (χ3v) is 18.2. The second-order valence-corrected chi connectivity index (χ2v) is 24.2. The molecule has 0 bridgehead atoms. The van der Waals surface area contributed by atoms with Gasteiger partial charge in [0.1, 0.15) is 0 Å². The van der Waals surface area contributed by atoms with Gasteiger partial charge in [0.2, 0.25) is 0 Å². The topological polar surface area (TPSA) is 11.4 Å². The Bertz CT molecular complexity index is 3140. The Kier molecular flexibility index (Phi) is 9.72. The van der Waals surface area contributed by atoms with Crippen molar-refractivity contribution in [2.24, 2.45) is 7.05 Å². The minimum Gasteiger partial charge on any atom is -0.353 e. The molecule has 13 rings (SSSR count). The molecule has 7 aromatic rings. The zero-order valence-corrected chi connectivity index (χ0v) is 41.9. The number of rotatable bonds is 4. The second-order valence-electron chi connectivity index (χ2n) is 24.2. The fraction of sp³-hybridized carbons (Fsp3) is 0.406. The zero-order valence-electron chi connectivity index (χ0n) is 41.9. The summed E-state index contributed by atoms with van der Waals surface area (Å²) < 4.78 is 2.61. The first-order chi connectivity index (χ1) is 32.9. The molecule has 0 unspecified atom stereocenters. The SMILES string of the molecule is Cn1c2c(c3cc(C(C)(C)C)ccc31)N(c1cccc3c1-c1ccccc1C31CCCC1)c1cc(C3CCCCC3)cc3c1B2c1cc(C(C)(C)C)ccc1N3c1ccc(C2CCCCC2)cc1. The number of fused-ring (bicyclic) bond motifs is 11. The molecule has 6 aromatic carbocycles. The third-order valence-electron chi connectivity index (χ3n) is 18.2. The first-order valence-corrected chi connectivity index (χ1v) is 26.8. The van der Waals surface area contributed by atoms with Crippen molar-refractivity contribution < 1.29 is 0 Å². The van der Waals surface area contributed by atoms with Gasteiger partial charge in [-0.15, -0.1) is 0 Å². The van der Waals surface area contributed by atoms with E-state index in [0.717, 1.165) is 0 Å². The van der Waals surface area contributed by atoms with Crippen molar-refractivity contribution in [1.29, 1.82) is 0 Å². The number of aromatic nitrogens is 1. The van der Waals surface area contributed by atoms with E-state index in [1.165, 1.54) is 185 Å². The first-order valence-electron chi connectivity index (χ1n) is 26.8. The van der Waals surface area contributed by atoms with Crippen LogP contribution in [0.25, 0.3) is 22.0 Å². The lowest BCUT2D eigenvalue weighted by Crippen LogP contribution is -2.63. The third kappa shape index (κ3) is 6.30. The Morgan fingerprint density at radius 3 is 1.84 bits per heavy atom. The average Bonchev–Trinajstić information content (AvgIpc) is 4.05. The quantitative estimate of drug-likeness (QED) is 0.163. The number of nitrogens with zero attached hydrogens (tertiary/aromatic N) is 3. The molecule has 3 fully saturated rings. The molecule has 4 aliphatic carbocycles. The zero-order chi connectivity index (χ0) is 46.3. The molecule has 3 heterocycles. The minimum absolute atomic E-state index is 0.00348. The smallest absolute Gasteiger partial charge is 0.272 e. The highest BCUT2D eigenvalue weighted by atomic mass is 15.2. The highest BCUT2D eigenvalue weighted by Gasteiger charge is 2.50. The highest BCUT2D eigenvalue weighted by molar-refractivity contribution is 7.00. The van der Waals surface area contributed by atoms with E-state index in [0.29, 0.717) is 11.8 Å². The molecular weight excluding hydrogens is 822 g/mol. The fourth-order valence-electron chi connectivity index (χ4n) is 14.7. The van der Waals surface area contributed by atoms with E-state index < -0.39 is 0 Å². The molecule has 0 radical (unpaired) electrons. The highest BCUT2D eigenvalue weighted by Crippen LogP contribution is 2.61. The Morgan fingerprint density at radius 2 is 1.15 bits per heavy atom. The number of hydrogen-bond donors (Lipinski definition) is 0. The summed E-state index contributed by atoms with van der Waals surface area (Å²) in [6.45, 7) is 14.3. The summed E-state index contributed by atoms with van der Waals surface area (Å²) >= 11 is 0. The van der Waals surface area contributed by atoms with Gasteiger partial charge in [0.25, 0.3) is 6.71 Å². The van der Waals surface area contributed by atoms with Gasteiger partial charge in [-0.2, -0.15) is 0 Å². The van der Waals surface area contributed by atoms with E-state index in [9.17, 15) is 0 Å². The number of hydrogen-bond acceptors (Lipinski definition) is 2. The Balaban J connectivity index is 1.15. The van der Waals surface area contributed by atoms with Crippen LogP contribution in [0.3, 0.4) is 0 Å². The molecule has 2 aliphatic heterocycles. The van der Waals surface area contributed by atoms with Crippen molar-refractivity contribution in [3.63, 3.8) is 0 Å². The Hall–Kier alpha value is -5.48. The molecule has 1 spiro atoms. The predicted octanol–water partition coefficient (Wildman–Crippen LogP) is 15.8. The van der Waals surface area contributed by atoms with Crippen molar-refractivity contribution in [3.8, 4) is 11.1 Å². The van der Waals surface area contributed by atoms with Crippen molar-refractivity contribution in [2.75, 3.05) is 9.80 Å². The molecule has 6 aliphatic rings. The van der Waals surface area contributed by atoms with E-state index in [2.05, 4.69) is 178 Å². The van der Waals surface area contributed by atoms with Gasteiger partial charge in [0.05, 0.1) is 11.4 Å². The van der Waals surface area contributed by atoms with Gasteiger partial charge in [-0.1, -0.05) is 160 Å². The number of aryl methyl sites for hydroxylation is 1. The molecule has 344 valence electrons. The molecule has 1 aromatic heterocycles. The van der Waals surface area contributed by atoms with Gasteiger partial charge < -0.3 is 14.4 Å². The van der Waals surface area contributed by atoms with Crippen LogP contribution in [0.5, 0.6) is 0 Å². The van der Waals surface area contributed by atoms with Gasteiger partial charge in [-0.25, -0.2) is 0 Å². The summed E-state index contributed by atoms with van der Waals surface area (Å²) in [5, 5.41) is 1.36. The molecular formula is C64H70BN3. The molecule has 4 heteroatoms. The molecule has 3 saturated carbocycles. The maximum Gasteiger partial charge on any atom is 0.272 e. The lowest BCUT2D eigenvalue weighted by atomic mass is 9.34. The average molecular weight is 892 g/mol. The van der Waals surface area contributed by atoms with Crippen LogP contribution < -0.4 is 26.3 Å². The van der Waals surface area contributed by atoms with E-state index in [1.807, 2.05) is 0 Å². The van der Waals surface area contributed by atoms with Gasteiger partial charge in [-0.3, -0.25) is 0 Å². The van der Waals surface area contributed by atoms with Crippen molar-refractivity contribution in [2.45, 2.75) is 160 Å². The van der Waals surface area contributed by atoms with Gasteiger partial charge in [0.15, 0.2) is 0 Å². The van der Waals surface area contributed by atoms with E-state index in [-0.39, 0.29) is 23.0 Å². The first kappa shape index (κ1) is 42.6. The van der Waals surface area contributed by atoms with Gasteiger partial charge in [-0.05, 0) is 160 Å².